The Kier molecular flexibility index (Phi) is 3.12. The lowest BCUT2D eigenvalue weighted by Crippen LogP contribution is -2.05. The first-order valence-electron chi connectivity index (χ1n) is 6.13. The van der Waals surface area contributed by atoms with Crippen LogP contribution in [0.2, 0.25) is 0 Å². The number of halogens is 4. The normalized spacial score (nSPS) is 23.9. The van der Waals surface area contributed by atoms with Gasteiger partial charge in [-0.1, -0.05) is 12.1 Å². The van der Waals surface area contributed by atoms with E-state index in [9.17, 15) is 13.2 Å². The molecular weight excluding hydrogens is 335 g/mol. The second-order valence-electron chi connectivity index (χ2n) is 5.02. The van der Waals surface area contributed by atoms with E-state index in [1.54, 1.807) is 18.3 Å². The SMILES string of the molecule is C[C@@H]1[C@@H](Cn2cc(-c3ccc(F)c(Br)c3)nn2)C1(F)F. The number of rotatable bonds is 3. The molecule has 1 heterocycles. The van der Waals surface area contributed by atoms with Crippen molar-refractivity contribution in [3.05, 3.63) is 34.7 Å². The second-order valence-corrected chi connectivity index (χ2v) is 5.88. The maximum Gasteiger partial charge on any atom is 0.256 e. The molecule has 106 valence electrons. The molecule has 0 saturated heterocycles. The van der Waals surface area contributed by atoms with Crippen LogP contribution in [-0.2, 0) is 6.54 Å². The van der Waals surface area contributed by atoms with Gasteiger partial charge in [-0.3, -0.25) is 4.68 Å². The van der Waals surface area contributed by atoms with Gasteiger partial charge in [0.25, 0.3) is 5.92 Å². The molecule has 0 aliphatic heterocycles. The fourth-order valence-corrected chi connectivity index (χ4v) is 2.60. The molecule has 20 heavy (non-hydrogen) atoms. The molecule has 1 aromatic carbocycles. The first-order chi connectivity index (χ1) is 9.39. The third-order valence-electron chi connectivity index (χ3n) is 3.73. The monoisotopic (exact) mass is 345 g/mol. The van der Waals surface area contributed by atoms with Gasteiger partial charge in [0.05, 0.1) is 23.1 Å². The van der Waals surface area contributed by atoms with Crippen molar-refractivity contribution in [1.29, 1.82) is 0 Å². The van der Waals surface area contributed by atoms with Crippen molar-refractivity contribution in [2.24, 2.45) is 11.8 Å². The first kappa shape index (κ1) is 13.6. The van der Waals surface area contributed by atoms with Gasteiger partial charge in [-0.2, -0.15) is 0 Å². The second kappa shape index (κ2) is 4.58. The van der Waals surface area contributed by atoms with E-state index in [0.29, 0.717) is 15.7 Å². The van der Waals surface area contributed by atoms with Crippen molar-refractivity contribution in [2.45, 2.75) is 19.4 Å². The van der Waals surface area contributed by atoms with Crippen molar-refractivity contribution >= 4 is 15.9 Å². The minimum atomic E-state index is -2.61. The average Bonchev–Trinajstić information content (AvgIpc) is 2.81. The Balaban J connectivity index is 1.78. The fraction of sp³-hybridized carbons (Fsp3) is 0.385. The predicted molar refractivity (Wildman–Crippen MR) is 70.7 cm³/mol. The highest BCUT2D eigenvalue weighted by Gasteiger charge is 2.65. The summed E-state index contributed by atoms with van der Waals surface area (Å²) in [6.07, 6.45) is 1.60. The Bertz CT molecular complexity index is 656. The highest BCUT2D eigenvalue weighted by atomic mass is 79.9. The number of benzene rings is 1. The summed E-state index contributed by atoms with van der Waals surface area (Å²) in [6, 6.07) is 4.47. The average molecular weight is 346 g/mol. The van der Waals surface area contributed by atoms with Crippen LogP contribution in [-0.4, -0.2) is 20.9 Å². The first-order valence-corrected chi connectivity index (χ1v) is 6.92. The van der Waals surface area contributed by atoms with Gasteiger partial charge in [-0.25, -0.2) is 13.2 Å². The molecular formula is C13H11BrF3N3. The van der Waals surface area contributed by atoms with Crippen LogP contribution < -0.4 is 0 Å². The van der Waals surface area contributed by atoms with E-state index in [1.807, 2.05) is 0 Å². The van der Waals surface area contributed by atoms with Crippen molar-refractivity contribution in [1.82, 2.24) is 15.0 Å². The highest BCUT2D eigenvalue weighted by Crippen LogP contribution is 2.55. The Labute approximate surface area is 121 Å². The van der Waals surface area contributed by atoms with E-state index in [-0.39, 0.29) is 12.4 Å². The van der Waals surface area contributed by atoms with Crippen molar-refractivity contribution in [3.63, 3.8) is 0 Å². The zero-order valence-electron chi connectivity index (χ0n) is 10.5. The fourth-order valence-electron chi connectivity index (χ4n) is 2.22. The summed E-state index contributed by atoms with van der Waals surface area (Å²) >= 11 is 3.09. The Morgan fingerprint density at radius 3 is 2.70 bits per heavy atom. The molecule has 3 rings (SSSR count). The molecule has 2 atom stereocenters. The lowest BCUT2D eigenvalue weighted by Gasteiger charge is -1.99. The van der Waals surface area contributed by atoms with Crippen LogP contribution >= 0.6 is 15.9 Å². The van der Waals surface area contributed by atoms with Gasteiger partial charge in [0.1, 0.15) is 11.5 Å². The molecule has 1 aliphatic carbocycles. The van der Waals surface area contributed by atoms with Crippen LogP contribution in [0.4, 0.5) is 13.2 Å². The molecule has 1 saturated carbocycles. The zero-order valence-corrected chi connectivity index (χ0v) is 12.1. The van der Waals surface area contributed by atoms with Crippen LogP contribution in [0.5, 0.6) is 0 Å². The maximum absolute atomic E-state index is 13.2. The maximum atomic E-state index is 13.2. The van der Waals surface area contributed by atoms with E-state index in [1.165, 1.54) is 17.7 Å². The Hall–Kier alpha value is -1.37. The van der Waals surface area contributed by atoms with E-state index in [2.05, 4.69) is 26.2 Å². The molecule has 1 fully saturated rings. The molecule has 3 nitrogen and oxygen atoms in total. The van der Waals surface area contributed by atoms with Crippen LogP contribution in [0.25, 0.3) is 11.3 Å². The van der Waals surface area contributed by atoms with E-state index in [0.717, 1.165) is 0 Å². The quantitative estimate of drug-likeness (QED) is 0.848. The summed E-state index contributed by atoms with van der Waals surface area (Å²) in [4.78, 5) is 0. The molecule has 1 aliphatic rings. The number of hydrogen-bond acceptors (Lipinski definition) is 2. The topological polar surface area (TPSA) is 30.7 Å². The van der Waals surface area contributed by atoms with Crippen LogP contribution in [0.3, 0.4) is 0 Å². The highest BCUT2D eigenvalue weighted by molar-refractivity contribution is 9.10. The van der Waals surface area contributed by atoms with Gasteiger partial charge < -0.3 is 0 Å². The number of hydrogen-bond donors (Lipinski definition) is 0. The largest absolute Gasteiger partial charge is 0.256 e. The molecule has 0 unspecified atom stereocenters. The van der Waals surface area contributed by atoms with E-state index >= 15 is 0 Å². The van der Waals surface area contributed by atoms with Crippen molar-refractivity contribution in [3.8, 4) is 11.3 Å². The molecule has 0 amide bonds. The minimum absolute atomic E-state index is 0.142. The molecule has 0 radical (unpaired) electrons. The molecule has 1 aromatic heterocycles. The number of nitrogens with zero attached hydrogens (tertiary/aromatic N) is 3. The van der Waals surface area contributed by atoms with Gasteiger partial charge in [0.15, 0.2) is 0 Å². The van der Waals surface area contributed by atoms with Gasteiger partial charge in [0, 0.05) is 11.5 Å². The molecule has 0 N–H and O–H groups in total. The number of aromatic nitrogens is 3. The molecule has 7 heteroatoms. The summed E-state index contributed by atoms with van der Waals surface area (Å²) in [5.74, 6) is -4.27. The van der Waals surface area contributed by atoms with Crippen molar-refractivity contribution in [2.75, 3.05) is 0 Å². The molecule has 0 bridgehead atoms. The number of alkyl halides is 2. The third kappa shape index (κ3) is 2.24. The lowest BCUT2D eigenvalue weighted by molar-refractivity contribution is 0.0828. The summed E-state index contributed by atoms with van der Waals surface area (Å²) in [7, 11) is 0. The third-order valence-corrected chi connectivity index (χ3v) is 4.34. The summed E-state index contributed by atoms with van der Waals surface area (Å²) in [5.41, 5.74) is 1.21. The van der Waals surface area contributed by atoms with Crippen LogP contribution in [0.1, 0.15) is 6.92 Å². The lowest BCUT2D eigenvalue weighted by atomic mass is 10.2. The molecule has 0 spiro atoms. The summed E-state index contributed by atoms with van der Waals surface area (Å²) in [6.45, 7) is 1.67. The van der Waals surface area contributed by atoms with Crippen LogP contribution in [0, 0.1) is 17.7 Å². The Morgan fingerprint density at radius 1 is 1.40 bits per heavy atom. The van der Waals surface area contributed by atoms with Gasteiger partial charge in [-0.05, 0) is 34.1 Å². The van der Waals surface area contributed by atoms with E-state index < -0.39 is 17.8 Å². The summed E-state index contributed by atoms with van der Waals surface area (Å²) < 4.78 is 41.3. The van der Waals surface area contributed by atoms with Crippen LogP contribution in [0.15, 0.2) is 28.9 Å². The summed E-state index contributed by atoms with van der Waals surface area (Å²) in [5, 5.41) is 7.78. The van der Waals surface area contributed by atoms with E-state index in [4.69, 9.17) is 0 Å². The molecule has 2 aromatic rings. The van der Waals surface area contributed by atoms with Gasteiger partial charge >= 0.3 is 0 Å². The van der Waals surface area contributed by atoms with Crippen molar-refractivity contribution < 1.29 is 13.2 Å². The van der Waals surface area contributed by atoms with Gasteiger partial charge in [-0.15, -0.1) is 5.10 Å². The standard InChI is InChI=1S/C13H11BrF3N3/c1-7-9(13(7,16)17)5-20-6-12(18-19-20)8-2-3-11(15)10(14)4-8/h2-4,6-7,9H,5H2,1H3/t7-,9-/m1/s1. The van der Waals surface area contributed by atoms with Gasteiger partial charge in [0.2, 0.25) is 0 Å². The zero-order chi connectivity index (χ0) is 14.5. The minimum Gasteiger partial charge on any atom is -0.251 e. The predicted octanol–water partition coefficient (Wildman–Crippen LogP) is 3.75. The Morgan fingerprint density at radius 2 is 2.10 bits per heavy atom. The smallest absolute Gasteiger partial charge is 0.251 e.